The van der Waals surface area contributed by atoms with E-state index in [9.17, 15) is 0 Å². The molecular weight excluding hydrogens is 282 g/mol. The van der Waals surface area contributed by atoms with Crippen molar-refractivity contribution < 1.29 is 0 Å². The molecule has 2 aromatic heterocycles. The highest BCUT2D eigenvalue weighted by Crippen LogP contribution is 2.21. The zero-order chi connectivity index (χ0) is 15.6. The fourth-order valence-electron chi connectivity index (χ4n) is 2.35. The molecule has 21 heavy (non-hydrogen) atoms. The van der Waals surface area contributed by atoms with E-state index in [2.05, 4.69) is 43.0 Å². The van der Waals surface area contributed by atoms with E-state index in [1.807, 2.05) is 12.3 Å². The molecule has 0 aliphatic carbocycles. The van der Waals surface area contributed by atoms with Gasteiger partial charge in [-0.25, -0.2) is 4.68 Å². The molecule has 0 aromatic carbocycles. The van der Waals surface area contributed by atoms with Crippen LogP contribution in [0.2, 0.25) is 0 Å². The van der Waals surface area contributed by atoms with Crippen LogP contribution in [0.25, 0.3) is 5.82 Å². The summed E-state index contributed by atoms with van der Waals surface area (Å²) in [4.78, 5) is 0.341. The van der Waals surface area contributed by atoms with Crippen molar-refractivity contribution in [1.82, 2.24) is 20.0 Å². The second-order valence-corrected chi connectivity index (χ2v) is 5.67. The van der Waals surface area contributed by atoms with Gasteiger partial charge in [0.05, 0.1) is 17.0 Å². The normalized spacial score (nSPS) is 11.1. The van der Waals surface area contributed by atoms with Crippen LogP contribution in [0, 0.1) is 0 Å². The number of rotatable bonds is 5. The van der Waals surface area contributed by atoms with E-state index in [-0.39, 0.29) is 0 Å². The fraction of sp³-hybridized carbons (Fsp3) is 0.467. The molecular formula is C15H21N5S. The Bertz CT molecular complexity index is 660. The van der Waals surface area contributed by atoms with Crippen molar-refractivity contribution in [3.05, 3.63) is 34.8 Å². The largest absolute Gasteiger partial charge is 0.389 e. The van der Waals surface area contributed by atoms with Crippen LogP contribution in [0.5, 0.6) is 0 Å². The van der Waals surface area contributed by atoms with E-state index >= 15 is 0 Å². The van der Waals surface area contributed by atoms with Crippen molar-refractivity contribution >= 4 is 17.2 Å². The summed E-state index contributed by atoms with van der Waals surface area (Å²) in [6.07, 6.45) is 3.51. The molecule has 0 saturated carbocycles. The minimum Gasteiger partial charge on any atom is -0.389 e. The Morgan fingerprint density at radius 2 is 2.00 bits per heavy atom. The van der Waals surface area contributed by atoms with Gasteiger partial charge in [-0.2, -0.15) is 10.2 Å². The van der Waals surface area contributed by atoms with Gasteiger partial charge in [-0.05, 0) is 30.4 Å². The third-order valence-electron chi connectivity index (χ3n) is 3.49. The Morgan fingerprint density at radius 1 is 1.29 bits per heavy atom. The lowest BCUT2D eigenvalue weighted by atomic mass is 10.0. The molecule has 2 rings (SSSR count). The lowest BCUT2D eigenvalue weighted by Crippen LogP contribution is -2.20. The van der Waals surface area contributed by atoms with Gasteiger partial charge in [0, 0.05) is 6.20 Å². The van der Waals surface area contributed by atoms with Crippen LogP contribution >= 0.6 is 12.2 Å². The summed E-state index contributed by atoms with van der Waals surface area (Å²) in [5, 5.41) is 13.2. The van der Waals surface area contributed by atoms with Crippen LogP contribution in [0.1, 0.15) is 56.1 Å². The minimum atomic E-state index is 0.341. The molecule has 0 spiro atoms. The van der Waals surface area contributed by atoms with Crippen LogP contribution in [0.3, 0.4) is 0 Å². The average molecular weight is 303 g/mol. The Kier molecular flexibility index (Phi) is 4.67. The van der Waals surface area contributed by atoms with Crippen molar-refractivity contribution in [3.63, 3.8) is 0 Å². The summed E-state index contributed by atoms with van der Waals surface area (Å²) in [5.74, 6) is 0.969. The molecule has 0 bridgehead atoms. The third kappa shape index (κ3) is 2.95. The molecule has 0 aliphatic heterocycles. The molecule has 0 radical (unpaired) electrons. The van der Waals surface area contributed by atoms with Gasteiger partial charge in [0.2, 0.25) is 0 Å². The topological polar surface area (TPSA) is 69.6 Å². The Labute approximate surface area is 130 Å². The van der Waals surface area contributed by atoms with Crippen LogP contribution in [-0.4, -0.2) is 25.0 Å². The van der Waals surface area contributed by atoms with E-state index in [1.54, 1.807) is 4.68 Å². The van der Waals surface area contributed by atoms with E-state index in [4.69, 9.17) is 18.0 Å². The molecule has 2 aromatic rings. The number of aryl methyl sites for hydroxylation is 1. The predicted molar refractivity (Wildman–Crippen MR) is 87.9 cm³/mol. The SMILES string of the molecule is CCc1nnc(-n2ccc(C(C)C)n2)c(C(N)=S)c1CC. The van der Waals surface area contributed by atoms with Crippen molar-refractivity contribution in [2.24, 2.45) is 5.73 Å². The highest BCUT2D eigenvalue weighted by Gasteiger charge is 2.19. The van der Waals surface area contributed by atoms with Gasteiger partial charge in [-0.3, -0.25) is 0 Å². The molecule has 0 aliphatic rings. The van der Waals surface area contributed by atoms with Crippen LogP contribution < -0.4 is 5.73 Å². The number of nitrogens with zero attached hydrogens (tertiary/aromatic N) is 4. The fourth-order valence-corrected chi connectivity index (χ4v) is 2.56. The van der Waals surface area contributed by atoms with Gasteiger partial charge in [0.1, 0.15) is 4.99 Å². The van der Waals surface area contributed by atoms with Gasteiger partial charge in [-0.1, -0.05) is 39.9 Å². The third-order valence-corrected chi connectivity index (χ3v) is 3.70. The summed E-state index contributed by atoms with van der Waals surface area (Å²) in [6.45, 7) is 8.33. The Morgan fingerprint density at radius 3 is 2.48 bits per heavy atom. The second-order valence-electron chi connectivity index (χ2n) is 5.24. The lowest BCUT2D eigenvalue weighted by molar-refractivity contribution is 0.736. The average Bonchev–Trinajstić information content (AvgIpc) is 2.95. The Hall–Kier alpha value is -1.82. The molecule has 2 N–H and O–H groups in total. The molecule has 0 amide bonds. The Balaban J connectivity index is 2.64. The molecule has 5 nitrogen and oxygen atoms in total. The van der Waals surface area contributed by atoms with Gasteiger partial charge in [0.15, 0.2) is 5.82 Å². The van der Waals surface area contributed by atoms with Crippen molar-refractivity contribution in [2.75, 3.05) is 0 Å². The second kappa shape index (κ2) is 6.30. The first kappa shape index (κ1) is 15.6. The van der Waals surface area contributed by atoms with Crippen molar-refractivity contribution in [2.45, 2.75) is 46.5 Å². The molecule has 0 saturated heterocycles. The number of nitrogens with two attached hydrogens (primary N) is 1. The van der Waals surface area contributed by atoms with E-state index in [1.165, 1.54) is 0 Å². The predicted octanol–water partition coefficient (Wildman–Crippen LogP) is 2.54. The monoisotopic (exact) mass is 303 g/mol. The zero-order valence-corrected chi connectivity index (χ0v) is 13.7. The van der Waals surface area contributed by atoms with Crippen LogP contribution in [0.4, 0.5) is 0 Å². The molecule has 2 heterocycles. The molecule has 0 unspecified atom stereocenters. The molecule has 0 atom stereocenters. The smallest absolute Gasteiger partial charge is 0.186 e. The minimum absolute atomic E-state index is 0.341. The molecule has 112 valence electrons. The number of hydrogen-bond acceptors (Lipinski definition) is 4. The maximum Gasteiger partial charge on any atom is 0.186 e. The number of aromatic nitrogens is 4. The number of hydrogen-bond donors (Lipinski definition) is 1. The molecule has 6 heteroatoms. The maximum absolute atomic E-state index is 5.94. The first-order valence-corrected chi connectivity index (χ1v) is 7.64. The van der Waals surface area contributed by atoms with Gasteiger partial charge >= 0.3 is 0 Å². The van der Waals surface area contributed by atoms with Crippen molar-refractivity contribution in [3.8, 4) is 5.82 Å². The molecule has 0 fully saturated rings. The lowest BCUT2D eigenvalue weighted by Gasteiger charge is -2.14. The zero-order valence-electron chi connectivity index (χ0n) is 12.9. The van der Waals surface area contributed by atoms with Crippen LogP contribution in [-0.2, 0) is 12.8 Å². The highest BCUT2D eigenvalue weighted by atomic mass is 32.1. The maximum atomic E-state index is 5.94. The summed E-state index contributed by atoms with van der Waals surface area (Å²) in [5.41, 5.74) is 9.74. The summed E-state index contributed by atoms with van der Waals surface area (Å²) < 4.78 is 1.72. The first-order valence-electron chi connectivity index (χ1n) is 7.23. The van der Waals surface area contributed by atoms with Crippen molar-refractivity contribution in [1.29, 1.82) is 0 Å². The summed E-state index contributed by atoms with van der Waals surface area (Å²) in [6, 6.07) is 1.98. The van der Waals surface area contributed by atoms with Crippen LogP contribution in [0.15, 0.2) is 12.3 Å². The highest BCUT2D eigenvalue weighted by molar-refractivity contribution is 7.80. The summed E-state index contributed by atoms with van der Waals surface area (Å²) >= 11 is 5.24. The van der Waals surface area contributed by atoms with Gasteiger partial charge < -0.3 is 5.73 Å². The standard InChI is InChI=1S/C15H21N5S/c1-5-10-11(6-2)17-18-15(13(10)14(16)21)20-8-7-12(19-20)9(3)4/h7-9H,5-6H2,1-4H3,(H2,16,21). The van der Waals surface area contributed by atoms with E-state index in [0.29, 0.717) is 16.7 Å². The summed E-state index contributed by atoms with van der Waals surface area (Å²) in [7, 11) is 0. The first-order chi connectivity index (χ1) is 9.99. The van der Waals surface area contributed by atoms with Gasteiger partial charge in [-0.15, -0.1) is 5.10 Å². The number of thiocarbonyl (C=S) groups is 1. The van der Waals surface area contributed by atoms with E-state index < -0.39 is 0 Å². The quantitative estimate of drug-likeness (QED) is 0.860. The van der Waals surface area contributed by atoms with E-state index in [0.717, 1.165) is 35.4 Å². The van der Waals surface area contributed by atoms with Gasteiger partial charge in [0.25, 0.3) is 0 Å².